The van der Waals surface area contributed by atoms with E-state index in [4.69, 9.17) is 14.7 Å². The number of halogens is 2. The highest BCUT2D eigenvalue weighted by Crippen LogP contribution is 2.31. The minimum atomic E-state index is -2.63. The van der Waals surface area contributed by atoms with E-state index in [1.807, 2.05) is 6.07 Å². The van der Waals surface area contributed by atoms with Crippen molar-refractivity contribution in [3.63, 3.8) is 0 Å². The number of carbonyl (C=O) groups excluding carboxylic acids is 1. The number of nitriles is 1. The summed E-state index contributed by atoms with van der Waals surface area (Å²) < 4.78 is 36.1. The molecule has 1 aromatic carbocycles. The number of rotatable bonds is 5. The number of allylic oxidation sites excluding steroid dienone is 1. The Kier molecular flexibility index (Phi) is 5.53. The van der Waals surface area contributed by atoms with Gasteiger partial charge in [0.05, 0.1) is 32.3 Å². The second-order valence-electron chi connectivity index (χ2n) is 5.03. The maximum atomic E-state index is 13.1. The monoisotopic (exact) mass is 334 g/mol. The Morgan fingerprint density at radius 1 is 1.42 bits per heavy atom. The van der Waals surface area contributed by atoms with Gasteiger partial charge >= 0.3 is 5.97 Å². The zero-order valence-corrected chi connectivity index (χ0v) is 13.2. The number of ether oxygens (including phenoxy) is 2. The van der Waals surface area contributed by atoms with E-state index in [1.165, 1.54) is 32.6 Å². The standard InChI is InChI=1S/C17H16F2N2O3/c1-23-15-9-21-14(16(18)19)8-13(15)12-7-10(5-6-20)3-4-11(12)17(22)24-2/h3-4,7-9,14,16,21H,5H2,1-2H3. The van der Waals surface area contributed by atoms with Crippen LogP contribution in [-0.2, 0) is 15.9 Å². The quantitative estimate of drug-likeness (QED) is 0.838. The first-order chi connectivity index (χ1) is 11.5. The second-order valence-corrected chi connectivity index (χ2v) is 5.03. The average molecular weight is 334 g/mol. The SMILES string of the molecule is COC(=O)c1ccc(CC#N)cc1C1=CC(C(F)F)NC=C1OC. The molecule has 1 atom stereocenters. The van der Waals surface area contributed by atoms with Crippen molar-refractivity contribution in [3.8, 4) is 6.07 Å². The molecule has 1 heterocycles. The summed E-state index contributed by atoms with van der Waals surface area (Å²) in [5, 5.41) is 11.4. The van der Waals surface area contributed by atoms with Gasteiger partial charge in [0.2, 0.25) is 0 Å². The van der Waals surface area contributed by atoms with Crippen molar-refractivity contribution in [2.45, 2.75) is 18.9 Å². The average Bonchev–Trinajstić information content (AvgIpc) is 2.60. The molecule has 0 radical (unpaired) electrons. The molecule has 0 bridgehead atoms. The van der Waals surface area contributed by atoms with Crippen LogP contribution in [0.5, 0.6) is 0 Å². The molecular formula is C17H16F2N2O3. The highest BCUT2D eigenvalue weighted by atomic mass is 19.3. The molecule has 0 aliphatic carbocycles. The van der Waals surface area contributed by atoms with E-state index >= 15 is 0 Å². The van der Waals surface area contributed by atoms with Gasteiger partial charge in [-0.25, -0.2) is 13.6 Å². The van der Waals surface area contributed by atoms with Crippen LogP contribution in [-0.4, -0.2) is 32.7 Å². The van der Waals surface area contributed by atoms with Crippen molar-refractivity contribution >= 4 is 11.5 Å². The van der Waals surface area contributed by atoms with E-state index < -0.39 is 18.4 Å². The predicted octanol–water partition coefficient (Wildman–Crippen LogP) is 2.65. The molecule has 126 valence electrons. The number of dihydropyridines is 1. The van der Waals surface area contributed by atoms with Crippen molar-refractivity contribution in [1.29, 1.82) is 5.26 Å². The van der Waals surface area contributed by atoms with Crippen LogP contribution in [0.4, 0.5) is 8.78 Å². The Bertz CT molecular complexity index is 736. The predicted molar refractivity (Wildman–Crippen MR) is 83.1 cm³/mol. The van der Waals surface area contributed by atoms with E-state index in [-0.39, 0.29) is 12.0 Å². The third kappa shape index (κ3) is 3.54. The number of carbonyl (C=O) groups is 1. The zero-order chi connectivity index (χ0) is 17.7. The summed E-state index contributed by atoms with van der Waals surface area (Å²) in [4.78, 5) is 12.0. The summed E-state index contributed by atoms with van der Waals surface area (Å²) >= 11 is 0. The Labute approximate surface area is 138 Å². The van der Waals surface area contributed by atoms with E-state index in [9.17, 15) is 13.6 Å². The Balaban J connectivity index is 2.61. The Morgan fingerprint density at radius 3 is 2.75 bits per heavy atom. The van der Waals surface area contributed by atoms with Gasteiger partial charge in [-0.05, 0) is 29.3 Å². The molecule has 1 aromatic rings. The van der Waals surface area contributed by atoms with E-state index in [1.54, 1.807) is 12.1 Å². The number of methoxy groups -OCH3 is 2. The van der Waals surface area contributed by atoms with Crippen LogP contribution in [0.1, 0.15) is 21.5 Å². The molecule has 7 heteroatoms. The lowest BCUT2D eigenvalue weighted by atomic mass is 9.92. The molecule has 1 N–H and O–H groups in total. The van der Waals surface area contributed by atoms with Gasteiger partial charge in [-0.1, -0.05) is 6.07 Å². The number of hydrogen-bond donors (Lipinski definition) is 1. The van der Waals surface area contributed by atoms with Gasteiger partial charge in [-0.2, -0.15) is 5.26 Å². The number of esters is 1. The zero-order valence-electron chi connectivity index (χ0n) is 13.2. The molecule has 0 saturated carbocycles. The van der Waals surface area contributed by atoms with Crippen molar-refractivity contribution in [1.82, 2.24) is 5.32 Å². The third-order valence-corrected chi connectivity index (χ3v) is 3.57. The van der Waals surface area contributed by atoms with E-state index in [2.05, 4.69) is 5.32 Å². The molecule has 0 amide bonds. The number of hydrogen-bond acceptors (Lipinski definition) is 5. The first-order valence-corrected chi connectivity index (χ1v) is 7.11. The van der Waals surface area contributed by atoms with Crippen LogP contribution < -0.4 is 5.32 Å². The van der Waals surface area contributed by atoms with Crippen LogP contribution in [0.25, 0.3) is 5.57 Å². The van der Waals surface area contributed by atoms with Gasteiger partial charge in [0.1, 0.15) is 11.8 Å². The molecule has 24 heavy (non-hydrogen) atoms. The van der Waals surface area contributed by atoms with Gasteiger partial charge in [0.15, 0.2) is 0 Å². The Hall–Kier alpha value is -2.88. The molecule has 0 spiro atoms. The van der Waals surface area contributed by atoms with E-state index in [0.717, 1.165) is 0 Å². The highest BCUT2D eigenvalue weighted by molar-refractivity contribution is 5.97. The fourth-order valence-corrected chi connectivity index (χ4v) is 2.40. The smallest absolute Gasteiger partial charge is 0.338 e. The van der Waals surface area contributed by atoms with Crippen LogP contribution in [0.2, 0.25) is 0 Å². The molecule has 0 saturated heterocycles. The van der Waals surface area contributed by atoms with Gasteiger partial charge in [-0.3, -0.25) is 0 Å². The van der Waals surface area contributed by atoms with Crippen molar-refractivity contribution in [2.75, 3.05) is 14.2 Å². The topological polar surface area (TPSA) is 71.4 Å². The maximum absolute atomic E-state index is 13.1. The lowest BCUT2D eigenvalue weighted by molar-refractivity contribution is 0.0600. The van der Waals surface area contributed by atoms with Crippen LogP contribution in [0, 0.1) is 11.3 Å². The van der Waals surface area contributed by atoms with Crippen molar-refractivity contribution < 1.29 is 23.0 Å². The minimum Gasteiger partial charge on any atom is -0.495 e. The second kappa shape index (κ2) is 7.59. The number of benzene rings is 1. The highest BCUT2D eigenvalue weighted by Gasteiger charge is 2.26. The fourth-order valence-electron chi connectivity index (χ4n) is 2.40. The fraction of sp³-hybridized carbons (Fsp3) is 0.294. The van der Waals surface area contributed by atoms with E-state index in [0.29, 0.717) is 22.5 Å². The molecule has 1 aliphatic heterocycles. The molecule has 1 aliphatic rings. The van der Waals surface area contributed by atoms with Gasteiger partial charge in [-0.15, -0.1) is 0 Å². The first-order valence-electron chi connectivity index (χ1n) is 7.11. The molecule has 2 rings (SSSR count). The lowest BCUT2D eigenvalue weighted by Gasteiger charge is -2.23. The minimum absolute atomic E-state index is 0.129. The molecule has 0 fully saturated rings. The number of nitrogens with one attached hydrogen (secondary N) is 1. The summed E-state index contributed by atoms with van der Waals surface area (Å²) in [7, 11) is 2.64. The summed E-state index contributed by atoms with van der Waals surface area (Å²) in [5.74, 6) is -0.289. The van der Waals surface area contributed by atoms with Gasteiger partial charge < -0.3 is 14.8 Å². The Morgan fingerprint density at radius 2 is 2.17 bits per heavy atom. The van der Waals surface area contributed by atoms with Crippen molar-refractivity contribution in [2.24, 2.45) is 0 Å². The maximum Gasteiger partial charge on any atom is 0.338 e. The molecule has 0 aromatic heterocycles. The molecule has 1 unspecified atom stereocenters. The van der Waals surface area contributed by atoms with Gasteiger partial charge in [0, 0.05) is 11.8 Å². The van der Waals surface area contributed by atoms with Gasteiger partial charge in [0.25, 0.3) is 6.43 Å². The summed E-state index contributed by atoms with van der Waals surface area (Å²) in [6.45, 7) is 0. The molecular weight excluding hydrogens is 318 g/mol. The number of alkyl halides is 2. The summed E-state index contributed by atoms with van der Waals surface area (Å²) in [6, 6.07) is 5.57. The van der Waals surface area contributed by atoms with Crippen LogP contribution >= 0.6 is 0 Å². The summed E-state index contributed by atoms with van der Waals surface area (Å²) in [6.07, 6.45) is 0.147. The first kappa shape index (κ1) is 17.5. The molecule has 5 nitrogen and oxygen atoms in total. The normalized spacial score (nSPS) is 16.6. The largest absolute Gasteiger partial charge is 0.495 e. The summed E-state index contributed by atoms with van der Waals surface area (Å²) in [5.41, 5.74) is 1.60. The third-order valence-electron chi connectivity index (χ3n) is 3.57. The van der Waals surface area contributed by atoms with Crippen molar-refractivity contribution in [3.05, 3.63) is 52.9 Å². The van der Waals surface area contributed by atoms with Crippen LogP contribution in [0.3, 0.4) is 0 Å². The number of nitrogens with zero attached hydrogens (tertiary/aromatic N) is 1. The lowest BCUT2D eigenvalue weighted by Crippen LogP contribution is -2.33. The van der Waals surface area contributed by atoms with Crippen LogP contribution in [0.15, 0.2) is 36.2 Å².